The Labute approximate surface area is 175 Å². The zero-order chi connectivity index (χ0) is 19.9. The molecule has 4 rings (SSSR count). The van der Waals surface area contributed by atoms with Gasteiger partial charge in [-0.1, -0.05) is 90.6 Å². The Morgan fingerprint density at radius 2 is 1.55 bits per heavy atom. The number of benzene rings is 3. The molecule has 1 aliphatic heterocycles. The van der Waals surface area contributed by atoms with E-state index >= 15 is 0 Å². The van der Waals surface area contributed by atoms with Crippen LogP contribution >= 0.6 is 11.8 Å². The lowest BCUT2D eigenvalue weighted by atomic mass is 9.97. The van der Waals surface area contributed by atoms with Gasteiger partial charge in [0.1, 0.15) is 0 Å². The lowest BCUT2D eigenvalue weighted by Crippen LogP contribution is -2.31. The van der Waals surface area contributed by atoms with Crippen molar-refractivity contribution >= 4 is 22.7 Å². The van der Waals surface area contributed by atoms with Crippen LogP contribution in [-0.4, -0.2) is 23.7 Å². The number of carbonyl (C=O) groups is 1. The van der Waals surface area contributed by atoms with Gasteiger partial charge in [-0.05, 0) is 17.7 Å². The molecule has 1 heterocycles. The van der Waals surface area contributed by atoms with E-state index in [1.807, 2.05) is 78.9 Å². The Balaban J connectivity index is 1.41. The lowest BCUT2D eigenvalue weighted by Gasteiger charge is -2.29. The fourth-order valence-electron chi connectivity index (χ4n) is 3.39. The van der Waals surface area contributed by atoms with E-state index in [2.05, 4.69) is 17.4 Å². The van der Waals surface area contributed by atoms with Crippen LogP contribution in [0, 0.1) is 0 Å². The van der Waals surface area contributed by atoms with Crippen molar-refractivity contribution < 1.29 is 14.3 Å². The maximum absolute atomic E-state index is 12.2. The summed E-state index contributed by atoms with van der Waals surface area (Å²) in [6.07, 6.45) is 0.459. The van der Waals surface area contributed by atoms with Gasteiger partial charge >= 0.3 is 0 Å². The van der Waals surface area contributed by atoms with E-state index in [4.69, 9.17) is 9.47 Å². The van der Waals surface area contributed by atoms with Crippen molar-refractivity contribution in [1.29, 1.82) is 0 Å². The SMILES string of the molecule is O=C(Nc1ccccc1)SC[C@@H]1CO[C@@](Cc2ccccc2)(c2ccccc2)O1. The number of thioether (sulfide) groups is 1. The van der Waals surface area contributed by atoms with Crippen molar-refractivity contribution in [2.75, 3.05) is 17.7 Å². The molecule has 0 aromatic heterocycles. The number of amides is 1. The van der Waals surface area contributed by atoms with E-state index in [9.17, 15) is 4.79 Å². The first-order valence-corrected chi connectivity index (χ1v) is 10.6. The highest BCUT2D eigenvalue weighted by atomic mass is 32.2. The Morgan fingerprint density at radius 1 is 0.931 bits per heavy atom. The minimum atomic E-state index is -0.830. The lowest BCUT2D eigenvalue weighted by molar-refractivity contribution is -0.173. The number of rotatable bonds is 6. The standard InChI is InChI=1S/C24H23NO3S/c26-23(25-21-14-8-3-9-15-21)29-18-22-17-27-24(28-22,20-12-6-2-7-13-20)16-19-10-4-1-5-11-19/h1-15,22H,16-18H2,(H,25,26)/t22-,24+/m0/s1. The largest absolute Gasteiger partial charge is 0.343 e. The van der Waals surface area contributed by atoms with Gasteiger partial charge in [-0.3, -0.25) is 4.79 Å². The van der Waals surface area contributed by atoms with Crippen LogP contribution in [0.1, 0.15) is 11.1 Å². The summed E-state index contributed by atoms with van der Waals surface area (Å²) in [5.74, 6) is -0.300. The summed E-state index contributed by atoms with van der Waals surface area (Å²) in [7, 11) is 0. The molecule has 3 aromatic rings. The molecule has 0 saturated carbocycles. The first-order valence-electron chi connectivity index (χ1n) is 9.64. The predicted molar refractivity (Wildman–Crippen MR) is 117 cm³/mol. The summed E-state index contributed by atoms with van der Waals surface area (Å²) in [5, 5.41) is 2.79. The van der Waals surface area contributed by atoms with Gasteiger partial charge in [-0.25, -0.2) is 0 Å². The Kier molecular flexibility index (Phi) is 6.30. The van der Waals surface area contributed by atoms with Gasteiger partial charge in [0.15, 0.2) is 5.79 Å². The minimum Gasteiger partial charge on any atom is -0.343 e. The van der Waals surface area contributed by atoms with Crippen LogP contribution in [0.5, 0.6) is 0 Å². The molecule has 1 N–H and O–H groups in total. The first kappa shape index (κ1) is 19.7. The summed E-state index contributed by atoms with van der Waals surface area (Å²) >= 11 is 1.22. The molecule has 1 amide bonds. The normalized spacial score (nSPS) is 21.0. The second kappa shape index (κ2) is 9.27. The average molecular weight is 406 g/mol. The highest BCUT2D eigenvalue weighted by Gasteiger charge is 2.43. The third kappa shape index (κ3) is 5.07. The summed E-state index contributed by atoms with van der Waals surface area (Å²) in [6.45, 7) is 0.452. The van der Waals surface area contributed by atoms with Crippen molar-refractivity contribution in [3.8, 4) is 0 Å². The van der Waals surface area contributed by atoms with Gasteiger partial charge in [0.05, 0.1) is 12.7 Å². The maximum atomic E-state index is 12.2. The van der Waals surface area contributed by atoms with Gasteiger partial charge in [0.2, 0.25) is 0 Å². The number of carbonyl (C=O) groups excluding carboxylic acids is 1. The number of para-hydroxylation sites is 1. The summed E-state index contributed by atoms with van der Waals surface area (Å²) in [4.78, 5) is 12.2. The Morgan fingerprint density at radius 3 is 2.24 bits per heavy atom. The van der Waals surface area contributed by atoms with Crippen molar-refractivity contribution in [3.05, 3.63) is 102 Å². The second-order valence-electron chi connectivity index (χ2n) is 6.92. The van der Waals surface area contributed by atoms with E-state index in [0.717, 1.165) is 16.8 Å². The Bertz CT molecular complexity index is 921. The van der Waals surface area contributed by atoms with Gasteiger partial charge in [0, 0.05) is 23.4 Å². The van der Waals surface area contributed by atoms with Crippen molar-refractivity contribution in [2.24, 2.45) is 0 Å². The van der Waals surface area contributed by atoms with Gasteiger partial charge in [-0.15, -0.1) is 0 Å². The molecule has 1 fully saturated rings. The zero-order valence-corrected chi connectivity index (χ0v) is 16.8. The van der Waals surface area contributed by atoms with E-state index in [1.54, 1.807) is 0 Å². The number of hydrogen-bond acceptors (Lipinski definition) is 4. The summed E-state index contributed by atoms with van der Waals surface area (Å²) in [6, 6.07) is 29.7. The second-order valence-corrected chi connectivity index (χ2v) is 7.91. The van der Waals surface area contributed by atoms with E-state index in [-0.39, 0.29) is 11.3 Å². The van der Waals surface area contributed by atoms with E-state index in [0.29, 0.717) is 18.8 Å². The molecule has 0 aliphatic carbocycles. The summed E-state index contributed by atoms with van der Waals surface area (Å²) < 4.78 is 12.6. The van der Waals surface area contributed by atoms with Crippen LogP contribution < -0.4 is 5.32 Å². The van der Waals surface area contributed by atoms with Crippen molar-refractivity contribution in [2.45, 2.75) is 18.3 Å². The zero-order valence-electron chi connectivity index (χ0n) is 16.0. The number of anilines is 1. The van der Waals surface area contributed by atoms with Crippen molar-refractivity contribution in [1.82, 2.24) is 0 Å². The molecule has 148 valence electrons. The third-order valence-corrected chi connectivity index (χ3v) is 5.68. The highest BCUT2D eigenvalue weighted by Crippen LogP contribution is 2.38. The van der Waals surface area contributed by atoms with Crippen LogP contribution in [0.4, 0.5) is 10.5 Å². The molecule has 0 unspecified atom stereocenters. The molecule has 0 radical (unpaired) electrons. The van der Waals surface area contributed by atoms with Crippen LogP contribution in [-0.2, 0) is 21.7 Å². The molecule has 5 heteroatoms. The van der Waals surface area contributed by atoms with Gasteiger partial charge < -0.3 is 14.8 Å². The number of ether oxygens (including phenoxy) is 2. The first-order chi connectivity index (χ1) is 14.2. The van der Waals surface area contributed by atoms with Crippen LogP contribution in [0.2, 0.25) is 0 Å². The molecule has 4 nitrogen and oxygen atoms in total. The molecule has 1 saturated heterocycles. The van der Waals surface area contributed by atoms with E-state index < -0.39 is 5.79 Å². The number of hydrogen-bond donors (Lipinski definition) is 1. The Hall–Kier alpha value is -2.60. The average Bonchev–Trinajstić information content (AvgIpc) is 3.18. The minimum absolute atomic E-state index is 0.0972. The fourth-order valence-corrected chi connectivity index (χ4v) is 4.09. The molecular weight excluding hydrogens is 382 g/mol. The quantitative estimate of drug-likeness (QED) is 0.591. The molecule has 0 bridgehead atoms. The third-order valence-electron chi connectivity index (χ3n) is 4.77. The topological polar surface area (TPSA) is 47.6 Å². The highest BCUT2D eigenvalue weighted by molar-refractivity contribution is 8.13. The maximum Gasteiger partial charge on any atom is 0.283 e. The molecule has 29 heavy (non-hydrogen) atoms. The molecule has 3 aromatic carbocycles. The molecule has 0 spiro atoms. The summed E-state index contributed by atoms with van der Waals surface area (Å²) in [5.41, 5.74) is 2.92. The predicted octanol–water partition coefficient (Wildman–Crippen LogP) is 5.46. The molecular formula is C24H23NO3S. The molecule has 1 aliphatic rings. The van der Waals surface area contributed by atoms with Gasteiger partial charge in [-0.2, -0.15) is 0 Å². The van der Waals surface area contributed by atoms with Crippen LogP contribution in [0.15, 0.2) is 91.0 Å². The van der Waals surface area contributed by atoms with Gasteiger partial charge in [0.25, 0.3) is 5.24 Å². The van der Waals surface area contributed by atoms with Crippen LogP contribution in [0.3, 0.4) is 0 Å². The fraction of sp³-hybridized carbons (Fsp3) is 0.208. The van der Waals surface area contributed by atoms with Crippen molar-refractivity contribution in [3.63, 3.8) is 0 Å². The molecule has 2 atom stereocenters. The number of nitrogens with one attached hydrogen (secondary N) is 1. The van der Waals surface area contributed by atoms with E-state index in [1.165, 1.54) is 11.8 Å². The smallest absolute Gasteiger partial charge is 0.283 e. The van der Waals surface area contributed by atoms with Crippen LogP contribution in [0.25, 0.3) is 0 Å². The monoisotopic (exact) mass is 405 g/mol.